The van der Waals surface area contributed by atoms with E-state index in [2.05, 4.69) is 16.5 Å². The lowest BCUT2D eigenvalue weighted by atomic mass is 9.53. The number of carbonyl (C=O) groups excluding carboxylic acids is 1. The van der Waals surface area contributed by atoms with Gasteiger partial charge in [0.25, 0.3) is 10.0 Å². The maximum Gasteiger partial charge on any atom is 0.340 e. The van der Waals surface area contributed by atoms with Crippen molar-refractivity contribution in [3.8, 4) is 0 Å². The number of nitrogens with zero attached hydrogens (tertiary/aromatic N) is 1. The number of carbonyl (C=O) groups is 1. The molecule has 3 aliphatic carbocycles. The van der Waals surface area contributed by atoms with Crippen molar-refractivity contribution in [3.05, 3.63) is 59.7 Å². The van der Waals surface area contributed by atoms with Crippen LogP contribution in [0.5, 0.6) is 0 Å². The number of piperidine rings is 1. The summed E-state index contributed by atoms with van der Waals surface area (Å²) in [5, 5.41) is 38.1. The molecule has 11 nitrogen and oxygen atoms in total. The Bertz CT molecular complexity index is 1760. The van der Waals surface area contributed by atoms with E-state index in [4.69, 9.17) is 14.2 Å². The summed E-state index contributed by atoms with van der Waals surface area (Å²) in [6, 6.07) is 12.4. The van der Waals surface area contributed by atoms with Crippen molar-refractivity contribution in [1.82, 2.24) is 4.90 Å². The highest BCUT2D eigenvalue weighted by Crippen LogP contribution is 2.74. The molecule has 6 aliphatic rings. The van der Waals surface area contributed by atoms with Gasteiger partial charge in [-0.1, -0.05) is 36.8 Å². The molecule has 7 bridgehead atoms. The first-order chi connectivity index (χ1) is 23.3. The van der Waals surface area contributed by atoms with Gasteiger partial charge in [0, 0.05) is 50.5 Å². The molecule has 49 heavy (non-hydrogen) atoms. The summed E-state index contributed by atoms with van der Waals surface area (Å²) < 4.78 is 48.1. The Labute approximate surface area is 288 Å². The van der Waals surface area contributed by atoms with E-state index >= 15 is 0 Å². The smallest absolute Gasteiger partial charge is 0.340 e. The van der Waals surface area contributed by atoms with Gasteiger partial charge in [-0.25, -0.2) is 13.2 Å². The Hall–Kier alpha value is -2.58. The molecule has 266 valence electrons. The zero-order chi connectivity index (χ0) is 34.7. The van der Waals surface area contributed by atoms with Gasteiger partial charge in [0.1, 0.15) is 16.8 Å². The van der Waals surface area contributed by atoms with Gasteiger partial charge < -0.3 is 29.5 Å². The second kappa shape index (κ2) is 11.2. The summed E-state index contributed by atoms with van der Waals surface area (Å²) in [4.78, 5) is 16.8. The number of nitrogens with one attached hydrogen (secondary N) is 1. The van der Waals surface area contributed by atoms with E-state index < -0.39 is 62.5 Å². The lowest BCUT2D eigenvalue weighted by molar-refractivity contribution is -0.323. The van der Waals surface area contributed by atoms with Gasteiger partial charge in [0.2, 0.25) is 0 Å². The van der Waals surface area contributed by atoms with Gasteiger partial charge in [-0.2, -0.15) is 0 Å². The monoisotopic (exact) mass is 696 g/mol. The van der Waals surface area contributed by atoms with Crippen molar-refractivity contribution in [1.29, 1.82) is 0 Å². The number of ether oxygens (including phenoxy) is 3. The Kier molecular flexibility index (Phi) is 7.68. The van der Waals surface area contributed by atoms with E-state index in [0.717, 1.165) is 12.0 Å². The minimum atomic E-state index is -4.00. The molecule has 6 fully saturated rings. The SMILES string of the molecule is CCC1CC[C@]2(OC(=O)c3ccccc3NS(=O)(=O)c3ccc(C)cc3)CC[C@H](O)C34C2CC(N13)[C@@]1(O)C[C@H](OC)[C@H]2CC4[C@]1(O)[C@H]2OC. The molecule has 2 aromatic carbocycles. The van der Waals surface area contributed by atoms with Crippen molar-refractivity contribution >= 4 is 21.7 Å². The fourth-order valence-electron chi connectivity index (χ4n) is 12.0. The van der Waals surface area contributed by atoms with Crippen molar-refractivity contribution in [2.45, 2.75) is 123 Å². The number of esters is 1. The highest BCUT2D eigenvalue weighted by Gasteiger charge is 2.87. The van der Waals surface area contributed by atoms with E-state index in [1.807, 2.05) is 6.92 Å². The van der Waals surface area contributed by atoms with Crippen LogP contribution in [0.2, 0.25) is 0 Å². The highest BCUT2D eigenvalue weighted by atomic mass is 32.2. The molecule has 13 atom stereocenters. The summed E-state index contributed by atoms with van der Waals surface area (Å²) in [7, 11) is -0.791. The number of aryl methyl sites for hydroxylation is 1. The molecule has 8 rings (SSSR count). The average molecular weight is 697 g/mol. The Morgan fingerprint density at radius 3 is 2.41 bits per heavy atom. The Morgan fingerprint density at radius 1 is 1.00 bits per heavy atom. The number of aliphatic hydroxyl groups is 3. The van der Waals surface area contributed by atoms with Crippen LogP contribution in [0, 0.1) is 24.7 Å². The fraction of sp³-hybridized carbons (Fsp3) is 0.649. The van der Waals surface area contributed by atoms with Crippen molar-refractivity contribution in [2.24, 2.45) is 17.8 Å². The highest BCUT2D eigenvalue weighted by molar-refractivity contribution is 7.92. The standard InChI is InChI=1S/C37H48N2O9S/c1-5-22-14-16-34(48-33(41)24-8-6-7-9-26(24)38-49(44,45)23-12-10-21(2)11-13-23)17-15-31(40)36-28(34)19-30(39(22)36)35(42)20-27(46-3)25-18-29(36)37(35,43)32(25)47-4/h6-13,22,25,27-32,38,40,42-43H,5,14-20H2,1-4H3/t22?,25-,27+,28?,29?,30?,31+,32+,34+,35+,36?,37+/m1/s1. The molecule has 3 saturated heterocycles. The number of benzene rings is 2. The third-order valence-electron chi connectivity index (χ3n) is 13.8. The third-order valence-corrected chi connectivity index (χ3v) is 15.2. The zero-order valence-electron chi connectivity index (χ0n) is 28.5. The normalized spacial score (nSPS) is 44.7. The molecule has 0 aromatic heterocycles. The van der Waals surface area contributed by atoms with E-state index in [1.165, 1.54) is 12.1 Å². The average Bonchev–Trinajstić information content (AvgIpc) is 3.54. The molecular formula is C37H48N2O9S. The van der Waals surface area contributed by atoms with Gasteiger partial charge in [-0.05, 0) is 76.1 Å². The van der Waals surface area contributed by atoms with Crippen LogP contribution >= 0.6 is 0 Å². The summed E-state index contributed by atoms with van der Waals surface area (Å²) in [6.45, 7) is 3.99. The molecule has 6 unspecified atom stereocenters. The molecule has 4 N–H and O–H groups in total. The first-order valence-corrected chi connectivity index (χ1v) is 19.2. The summed E-state index contributed by atoms with van der Waals surface area (Å²) in [6.07, 6.45) is 2.12. The molecule has 2 aromatic rings. The first-order valence-electron chi connectivity index (χ1n) is 17.7. The molecule has 0 amide bonds. The van der Waals surface area contributed by atoms with E-state index in [0.29, 0.717) is 38.5 Å². The number of para-hydroxylation sites is 1. The summed E-state index contributed by atoms with van der Waals surface area (Å²) in [5.41, 5.74) is -4.05. The number of anilines is 1. The minimum absolute atomic E-state index is 0.0212. The summed E-state index contributed by atoms with van der Waals surface area (Å²) in [5.74, 6) is -1.76. The van der Waals surface area contributed by atoms with Gasteiger partial charge in [0.15, 0.2) is 0 Å². The van der Waals surface area contributed by atoms with Crippen LogP contribution in [-0.2, 0) is 24.2 Å². The van der Waals surface area contributed by atoms with Crippen LogP contribution < -0.4 is 4.72 Å². The van der Waals surface area contributed by atoms with Crippen molar-refractivity contribution in [3.63, 3.8) is 0 Å². The van der Waals surface area contributed by atoms with Gasteiger partial charge in [0.05, 0.1) is 40.0 Å². The van der Waals surface area contributed by atoms with Crippen molar-refractivity contribution < 1.29 is 42.7 Å². The molecule has 3 aliphatic heterocycles. The number of hydrogen-bond donors (Lipinski definition) is 4. The van der Waals surface area contributed by atoms with Crippen LogP contribution in [0.25, 0.3) is 0 Å². The van der Waals surface area contributed by atoms with Crippen molar-refractivity contribution in [2.75, 3.05) is 18.9 Å². The van der Waals surface area contributed by atoms with Gasteiger partial charge in [-0.15, -0.1) is 0 Å². The quantitative estimate of drug-likeness (QED) is 0.302. The van der Waals surface area contributed by atoms with E-state index in [9.17, 15) is 28.5 Å². The second-order valence-corrected chi connectivity index (χ2v) is 17.2. The number of aliphatic hydroxyl groups excluding tert-OH is 1. The molecular weight excluding hydrogens is 648 g/mol. The molecule has 0 radical (unpaired) electrons. The number of hydrogen-bond acceptors (Lipinski definition) is 10. The van der Waals surface area contributed by atoms with Crippen LogP contribution in [0.1, 0.15) is 74.2 Å². The number of sulfonamides is 1. The molecule has 3 saturated carbocycles. The predicted molar refractivity (Wildman–Crippen MR) is 179 cm³/mol. The van der Waals surface area contributed by atoms with Gasteiger partial charge in [-0.3, -0.25) is 9.62 Å². The zero-order valence-corrected chi connectivity index (χ0v) is 29.4. The van der Waals surface area contributed by atoms with E-state index in [-0.39, 0.29) is 46.5 Å². The van der Waals surface area contributed by atoms with Crippen LogP contribution in [0.4, 0.5) is 5.69 Å². The minimum Gasteiger partial charge on any atom is -0.455 e. The number of methoxy groups -OCH3 is 2. The summed E-state index contributed by atoms with van der Waals surface area (Å²) >= 11 is 0. The largest absolute Gasteiger partial charge is 0.455 e. The van der Waals surface area contributed by atoms with E-state index in [1.54, 1.807) is 50.6 Å². The second-order valence-electron chi connectivity index (χ2n) is 15.5. The van der Waals surface area contributed by atoms with Crippen LogP contribution in [0.15, 0.2) is 53.4 Å². The maximum atomic E-state index is 14.4. The molecule has 1 spiro atoms. The molecule has 3 heterocycles. The predicted octanol–water partition coefficient (Wildman–Crippen LogP) is 3.39. The third kappa shape index (κ3) is 4.22. The van der Waals surface area contributed by atoms with Crippen LogP contribution in [0.3, 0.4) is 0 Å². The molecule has 12 heteroatoms. The Balaban J connectivity index is 1.21. The van der Waals surface area contributed by atoms with Crippen LogP contribution in [-0.4, -0.2) is 102 Å². The lowest BCUT2D eigenvalue weighted by Gasteiger charge is -2.67. The maximum absolute atomic E-state index is 14.4. The van der Waals surface area contributed by atoms with Gasteiger partial charge >= 0.3 is 5.97 Å². The Morgan fingerprint density at radius 2 is 1.71 bits per heavy atom. The fourth-order valence-corrected chi connectivity index (χ4v) is 13.0. The first kappa shape index (κ1) is 33.6. The lowest BCUT2D eigenvalue weighted by Crippen LogP contribution is -2.84. The number of rotatable bonds is 8. The number of fused-ring (bicyclic) bond motifs is 2. The topological polar surface area (TPSA) is 155 Å².